The summed E-state index contributed by atoms with van der Waals surface area (Å²) in [4.78, 5) is 25.8. The number of benzene rings is 2. The van der Waals surface area contributed by atoms with Crippen molar-refractivity contribution in [1.82, 2.24) is 19.2 Å². The highest BCUT2D eigenvalue weighted by atomic mass is 32.2. The zero-order valence-electron chi connectivity index (χ0n) is 19.7. The second-order valence-electron chi connectivity index (χ2n) is 7.43. The van der Waals surface area contributed by atoms with E-state index < -0.39 is 5.25 Å². The van der Waals surface area contributed by atoms with Crippen LogP contribution in [0.3, 0.4) is 0 Å². The standard InChI is InChI=1S/C24H25N5O5S/c1-5-34-18-8-6-17(7-9-18)28-10-11-29-21(23(28)31)26-27-24(29)35-15(2)22(30)25-16-12-19(32-3)14-20(13-16)33-4/h6-15H,5H2,1-4H3,(H,25,30)/t15-/m0/s1. The Morgan fingerprint density at radius 2 is 1.71 bits per heavy atom. The van der Waals surface area contributed by atoms with Gasteiger partial charge in [0.25, 0.3) is 0 Å². The Kier molecular flexibility index (Phi) is 7.25. The van der Waals surface area contributed by atoms with E-state index in [-0.39, 0.29) is 17.1 Å². The summed E-state index contributed by atoms with van der Waals surface area (Å²) in [6, 6.07) is 12.3. The molecule has 35 heavy (non-hydrogen) atoms. The van der Waals surface area contributed by atoms with Crippen LogP contribution in [0.25, 0.3) is 11.3 Å². The number of nitrogens with zero attached hydrogens (tertiary/aromatic N) is 4. The molecule has 0 aliphatic carbocycles. The number of carbonyl (C=O) groups excluding carboxylic acids is 1. The summed E-state index contributed by atoms with van der Waals surface area (Å²) in [6.45, 7) is 4.23. The zero-order valence-corrected chi connectivity index (χ0v) is 20.5. The van der Waals surface area contributed by atoms with Gasteiger partial charge in [0.15, 0.2) is 5.16 Å². The third kappa shape index (κ3) is 5.24. The van der Waals surface area contributed by atoms with E-state index in [0.29, 0.717) is 34.6 Å². The highest BCUT2D eigenvalue weighted by Crippen LogP contribution is 2.27. The fourth-order valence-electron chi connectivity index (χ4n) is 3.35. The number of carbonyl (C=O) groups is 1. The molecule has 2 heterocycles. The number of aromatic nitrogens is 4. The lowest BCUT2D eigenvalue weighted by Gasteiger charge is -2.13. The molecule has 4 aromatic rings. The first-order chi connectivity index (χ1) is 16.9. The second-order valence-corrected chi connectivity index (χ2v) is 8.74. The summed E-state index contributed by atoms with van der Waals surface area (Å²) in [6.07, 6.45) is 3.35. The maximum atomic E-state index is 13.0. The fraction of sp³-hybridized carbons (Fsp3) is 0.250. The first kappa shape index (κ1) is 24.1. The van der Waals surface area contributed by atoms with Gasteiger partial charge in [-0.2, -0.15) is 0 Å². The number of anilines is 1. The van der Waals surface area contributed by atoms with Gasteiger partial charge in [-0.25, -0.2) is 0 Å². The highest BCUT2D eigenvalue weighted by molar-refractivity contribution is 8.00. The molecule has 0 radical (unpaired) electrons. The molecule has 10 nitrogen and oxygen atoms in total. The van der Waals surface area contributed by atoms with E-state index in [1.165, 1.54) is 16.3 Å². The van der Waals surface area contributed by atoms with Crippen molar-refractivity contribution in [2.45, 2.75) is 24.3 Å². The number of fused-ring (bicyclic) bond motifs is 1. The van der Waals surface area contributed by atoms with Gasteiger partial charge < -0.3 is 19.5 Å². The SMILES string of the molecule is CCOc1ccc(-n2ccn3c(S[C@@H](C)C(=O)Nc4cc(OC)cc(OC)c4)nnc3c2=O)cc1. The van der Waals surface area contributed by atoms with E-state index in [1.807, 2.05) is 6.92 Å². The molecule has 1 N–H and O–H groups in total. The van der Waals surface area contributed by atoms with Crippen LogP contribution >= 0.6 is 11.8 Å². The summed E-state index contributed by atoms with van der Waals surface area (Å²) in [5.41, 5.74) is 1.06. The van der Waals surface area contributed by atoms with Gasteiger partial charge in [-0.1, -0.05) is 11.8 Å². The molecular formula is C24H25N5O5S. The molecule has 0 saturated heterocycles. The predicted octanol–water partition coefficient (Wildman–Crippen LogP) is 3.42. The molecule has 0 fully saturated rings. The number of hydrogen-bond acceptors (Lipinski definition) is 8. The summed E-state index contributed by atoms with van der Waals surface area (Å²) in [5, 5.41) is 11.0. The molecule has 0 aliphatic rings. The summed E-state index contributed by atoms with van der Waals surface area (Å²) in [7, 11) is 3.08. The van der Waals surface area contributed by atoms with Crippen LogP contribution in [0.2, 0.25) is 0 Å². The molecule has 0 bridgehead atoms. The molecule has 182 valence electrons. The van der Waals surface area contributed by atoms with Gasteiger partial charge in [0.2, 0.25) is 11.6 Å². The molecule has 0 unspecified atom stereocenters. The van der Waals surface area contributed by atoms with Crippen LogP contribution in [0.15, 0.2) is 64.8 Å². The Bertz CT molecular complexity index is 1380. The molecule has 2 aromatic heterocycles. The largest absolute Gasteiger partial charge is 0.497 e. The van der Waals surface area contributed by atoms with Crippen LogP contribution in [-0.4, -0.2) is 51.1 Å². The van der Waals surface area contributed by atoms with Gasteiger partial charge in [0.05, 0.1) is 26.1 Å². The van der Waals surface area contributed by atoms with Crippen LogP contribution in [0.5, 0.6) is 17.2 Å². The first-order valence-corrected chi connectivity index (χ1v) is 11.7. The van der Waals surface area contributed by atoms with E-state index in [0.717, 1.165) is 5.75 Å². The van der Waals surface area contributed by atoms with Crippen molar-refractivity contribution in [2.75, 3.05) is 26.1 Å². The third-order valence-electron chi connectivity index (χ3n) is 5.14. The lowest BCUT2D eigenvalue weighted by atomic mass is 10.2. The van der Waals surface area contributed by atoms with Gasteiger partial charge in [-0.15, -0.1) is 10.2 Å². The minimum atomic E-state index is -0.520. The van der Waals surface area contributed by atoms with Crippen molar-refractivity contribution in [3.05, 3.63) is 65.2 Å². The molecule has 0 aliphatic heterocycles. The fourth-order valence-corrected chi connectivity index (χ4v) is 4.19. The van der Waals surface area contributed by atoms with Crippen molar-refractivity contribution in [1.29, 1.82) is 0 Å². The topological polar surface area (TPSA) is 109 Å². The third-order valence-corrected chi connectivity index (χ3v) is 6.19. The van der Waals surface area contributed by atoms with E-state index in [1.54, 1.807) is 80.4 Å². The minimum Gasteiger partial charge on any atom is -0.497 e. The Balaban J connectivity index is 1.52. The number of hydrogen-bond donors (Lipinski definition) is 1. The van der Waals surface area contributed by atoms with Crippen LogP contribution in [-0.2, 0) is 4.79 Å². The van der Waals surface area contributed by atoms with Gasteiger partial charge in [-0.3, -0.25) is 18.6 Å². The number of amides is 1. The molecule has 2 aromatic carbocycles. The molecule has 11 heteroatoms. The summed E-state index contributed by atoms with van der Waals surface area (Å²) >= 11 is 1.19. The number of thioether (sulfide) groups is 1. The van der Waals surface area contributed by atoms with E-state index in [2.05, 4.69) is 15.5 Å². The normalized spacial score (nSPS) is 11.8. The van der Waals surface area contributed by atoms with Crippen LogP contribution in [0.4, 0.5) is 5.69 Å². The Morgan fingerprint density at radius 1 is 1.03 bits per heavy atom. The van der Waals surface area contributed by atoms with Gasteiger partial charge in [0.1, 0.15) is 17.2 Å². The van der Waals surface area contributed by atoms with Crippen molar-refractivity contribution in [2.24, 2.45) is 0 Å². The minimum absolute atomic E-state index is 0.161. The zero-order chi connectivity index (χ0) is 24.9. The summed E-state index contributed by atoms with van der Waals surface area (Å²) < 4.78 is 19.0. The van der Waals surface area contributed by atoms with Gasteiger partial charge >= 0.3 is 5.56 Å². The van der Waals surface area contributed by atoms with Gasteiger partial charge in [-0.05, 0) is 38.1 Å². The van der Waals surface area contributed by atoms with Crippen molar-refractivity contribution < 1.29 is 19.0 Å². The maximum absolute atomic E-state index is 13.0. The van der Waals surface area contributed by atoms with E-state index in [4.69, 9.17) is 14.2 Å². The first-order valence-electron chi connectivity index (χ1n) is 10.8. The Morgan fingerprint density at radius 3 is 2.34 bits per heavy atom. The average molecular weight is 496 g/mol. The van der Waals surface area contributed by atoms with Crippen molar-refractivity contribution in [3.8, 4) is 22.9 Å². The molecule has 1 atom stereocenters. The van der Waals surface area contributed by atoms with Crippen LogP contribution in [0, 0.1) is 0 Å². The van der Waals surface area contributed by atoms with Crippen molar-refractivity contribution in [3.63, 3.8) is 0 Å². The molecule has 0 spiro atoms. The lowest BCUT2D eigenvalue weighted by Crippen LogP contribution is -2.23. The van der Waals surface area contributed by atoms with E-state index in [9.17, 15) is 9.59 Å². The highest BCUT2D eigenvalue weighted by Gasteiger charge is 2.20. The number of ether oxygens (including phenoxy) is 3. The second kappa shape index (κ2) is 10.5. The number of rotatable bonds is 9. The number of nitrogens with one attached hydrogen (secondary N) is 1. The maximum Gasteiger partial charge on any atom is 0.300 e. The molecule has 4 rings (SSSR count). The average Bonchev–Trinajstić information content (AvgIpc) is 3.28. The monoisotopic (exact) mass is 495 g/mol. The lowest BCUT2D eigenvalue weighted by molar-refractivity contribution is -0.115. The van der Waals surface area contributed by atoms with Crippen LogP contribution in [0.1, 0.15) is 13.8 Å². The molecular weight excluding hydrogens is 470 g/mol. The summed E-state index contributed by atoms with van der Waals surface area (Å²) in [5.74, 6) is 1.61. The Hall–Kier alpha value is -3.99. The van der Waals surface area contributed by atoms with Crippen molar-refractivity contribution >= 4 is 29.0 Å². The predicted molar refractivity (Wildman–Crippen MR) is 133 cm³/mol. The van der Waals surface area contributed by atoms with E-state index >= 15 is 0 Å². The molecule has 1 amide bonds. The molecule has 0 saturated carbocycles. The quantitative estimate of drug-likeness (QED) is 0.352. The van der Waals surface area contributed by atoms with Gasteiger partial charge in [0, 0.05) is 42.0 Å². The van der Waals surface area contributed by atoms with Crippen LogP contribution < -0.4 is 25.1 Å². The smallest absolute Gasteiger partial charge is 0.300 e. The number of methoxy groups -OCH3 is 2. The Labute approximate surface area is 205 Å².